The normalized spacial score (nSPS) is 20.5. The lowest BCUT2D eigenvalue weighted by atomic mass is 10.1. The van der Waals surface area contributed by atoms with Crippen molar-refractivity contribution in [2.24, 2.45) is 5.92 Å². The molecule has 2 N–H and O–H groups in total. The number of hydrogen-bond donors (Lipinski definition) is 1. The second kappa shape index (κ2) is 4.53. The molecular formula is C12H18N2O. The maximum Gasteiger partial charge on any atom is 0.0512 e. The van der Waals surface area contributed by atoms with Crippen LogP contribution in [0, 0.1) is 5.92 Å². The molecule has 15 heavy (non-hydrogen) atoms. The van der Waals surface area contributed by atoms with E-state index in [0.29, 0.717) is 5.92 Å². The topological polar surface area (TPSA) is 38.5 Å². The summed E-state index contributed by atoms with van der Waals surface area (Å²) in [7, 11) is 2.11. The molecular weight excluding hydrogens is 188 g/mol. The Bertz CT molecular complexity index is 304. The third-order valence-corrected chi connectivity index (χ3v) is 2.89. The summed E-state index contributed by atoms with van der Waals surface area (Å²) < 4.78 is 5.37. The largest absolute Gasteiger partial charge is 0.399 e. The molecule has 0 aromatic heterocycles. The van der Waals surface area contributed by atoms with E-state index in [2.05, 4.69) is 24.1 Å². The number of nitrogen functional groups attached to an aromatic ring is 1. The van der Waals surface area contributed by atoms with Gasteiger partial charge in [0, 0.05) is 37.5 Å². The monoisotopic (exact) mass is 206 g/mol. The second-order valence-electron chi connectivity index (χ2n) is 4.20. The van der Waals surface area contributed by atoms with Gasteiger partial charge in [-0.25, -0.2) is 0 Å². The van der Waals surface area contributed by atoms with Crippen molar-refractivity contribution in [2.75, 3.05) is 37.4 Å². The van der Waals surface area contributed by atoms with Gasteiger partial charge in [-0.2, -0.15) is 0 Å². The van der Waals surface area contributed by atoms with Crippen molar-refractivity contribution in [3.8, 4) is 0 Å². The van der Waals surface area contributed by atoms with Gasteiger partial charge in [-0.3, -0.25) is 0 Å². The first-order chi connectivity index (χ1) is 7.25. The number of anilines is 2. The lowest BCUT2D eigenvalue weighted by Crippen LogP contribution is -2.25. The molecule has 1 heterocycles. The van der Waals surface area contributed by atoms with Crippen LogP contribution in [0.3, 0.4) is 0 Å². The fourth-order valence-electron chi connectivity index (χ4n) is 1.95. The van der Waals surface area contributed by atoms with E-state index in [1.807, 2.05) is 12.1 Å². The first-order valence-corrected chi connectivity index (χ1v) is 5.40. The maximum absolute atomic E-state index is 5.65. The van der Waals surface area contributed by atoms with Gasteiger partial charge in [0.25, 0.3) is 0 Å². The van der Waals surface area contributed by atoms with Crippen molar-refractivity contribution >= 4 is 11.4 Å². The van der Waals surface area contributed by atoms with Crippen LogP contribution in [0.2, 0.25) is 0 Å². The zero-order valence-electron chi connectivity index (χ0n) is 9.15. The molecule has 0 amide bonds. The van der Waals surface area contributed by atoms with E-state index in [4.69, 9.17) is 10.5 Å². The summed E-state index contributed by atoms with van der Waals surface area (Å²) in [6, 6.07) is 8.00. The molecule has 0 saturated carbocycles. The summed E-state index contributed by atoms with van der Waals surface area (Å²) in [6.45, 7) is 2.88. The zero-order valence-corrected chi connectivity index (χ0v) is 9.15. The highest BCUT2D eigenvalue weighted by Crippen LogP contribution is 2.19. The average molecular weight is 206 g/mol. The fourth-order valence-corrected chi connectivity index (χ4v) is 1.95. The average Bonchev–Trinajstić information content (AvgIpc) is 2.71. The Morgan fingerprint density at radius 1 is 1.40 bits per heavy atom. The van der Waals surface area contributed by atoms with Crippen LogP contribution >= 0.6 is 0 Å². The van der Waals surface area contributed by atoms with Gasteiger partial charge >= 0.3 is 0 Å². The van der Waals surface area contributed by atoms with Gasteiger partial charge in [0.15, 0.2) is 0 Å². The highest BCUT2D eigenvalue weighted by molar-refractivity contribution is 5.52. The van der Waals surface area contributed by atoms with Gasteiger partial charge in [0.1, 0.15) is 0 Å². The Morgan fingerprint density at radius 3 is 2.73 bits per heavy atom. The summed E-state index contributed by atoms with van der Waals surface area (Å²) in [4.78, 5) is 2.26. The van der Waals surface area contributed by atoms with E-state index in [0.717, 1.165) is 25.4 Å². The molecule has 1 aromatic carbocycles. The maximum atomic E-state index is 5.65. The molecule has 1 aliphatic rings. The van der Waals surface area contributed by atoms with Crippen molar-refractivity contribution in [1.29, 1.82) is 0 Å². The van der Waals surface area contributed by atoms with Gasteiger partial charge in [-0.15, -0.1) is 0 Å². The smallest absolute Gasteiger partial charge is 0.0512 e. The van der Waals surface area contributed by atoms with E-state index < -0.39 is 0 Å². The van der Waals surface area contributed by atoms with Crippen LogP contribution in [0.5, 0.6) is 0 Å². The number of nitrogens with zero attached hydrogens (tertiary/aromatic N) is 1. The molecule has 1 aromatic rings. The molecule has 0 aliphatic carbocycles. The Balaban J connectivity index is 1.94. The van der Waals surface area contributed by atoms with Gasteiger partial charge < -0.3 is 15.4 Å². The summed E-state index contributed by atoms with van der Waals surface area (Å²) in [5.41, 5.74) is 7.69. The first-order valence-electron chi connectivity index (χ1n) is 5.40. The van der Waals surface area contributed by atoms with E-state index in [-0.39, 0.29) is 0 Å². The molecule has 0 bridgehead atoms. The molecule has 1 unspecified atom stereocenters. The first kappa shape index (κ1) is 10.3. The van der Waals surface area contributed by atoms with Gasteiger partial charge in [-0.1, -0.05) is 0 Å². The molecule has 1 aliphatic heterocycles. The van der Waals surface area contributed by atoms with Crippen LogP contribution in [-0.4, -0.2) is 26.8 Å². The highest BCUT2D eigenvalue weighted by Gasteiger charge is 2.17. The van der Waals surface area contributed by atoms with Crippen LogP contribution in [0.15, 0.2) is 24.3 Å². The number of ether oxygens (including phenoxy) is 1. The molecule has 0 spiro atoms. The third kappa shape index (κ3) is 2.63. The number of rotatable bonds is 3. The predicted molar refractivity (Wildman–Crippen MR) is 63.1 cm³/mol. The third-order valence-electron chi connectivity index (χ3n) is 2.89. The number of benzene rings is 1. The van der Waals surface area contributed by atoms with Crippen LogP contribution in [0.4, 0.5) is 11.4 Å². The second-order valence-corrected chi connectivity index (χ2v) is 4.20. The fraction of sp³-hybridized carbons (Fsp3) is 0.500. The van der Waals surface area contributed by atoms with Crippen LogP contribution < -0.4 is 10.6 Å². The minimum Gasteiger partial charge on any atom is -0.399 e. The summed E-state index contributed by atoms with van der Waals surface area (Å²) >= 11 is 0. The summed E-state index contributed by atoms with van der Waals surface area (Å²) in [5.74, 6) is 0.674. The van der Waals surface area contributed by atoms with Gasteiger partial charge in [0.05, 0.1) is 6.61 Å². The predicted octanol–water partition coefficient (Wildman–Crippen LogP) is 1.74. The van der Waals surface area contributed by atoms with Crippen molar-refractivity contribution in [3.63, 3.8) is 0 Å². The number of hydrogen-bond acceptors (Lipinski definition) is 3. The lowest BCUT2D eigenvalue weighted by Gasteiger charge is -2.22. The standard InChI is InChI=1S/C12H18N2O/c1-14(8-10-6-7-15-9-10)12-4-2-11(13)3-5-12/h2-5,10H,6-9,13H2,1H3. The Labute approximate surface area is 90.8 Å². The molecule has 2 rings (SSSR count). The van der Waals surface area contributed by atoms with Crippen LogP contribution in [0.1, 0.15) is 6.42 Å². The number of nitrogens with two attached hydrogens (primary N) is 1. The van der Waals surface area contributed by atoms with Gasteiger partial charge in [-0.05, 0) is 30.7 Å². The molecule has 1 atom stereocenters. The summed E-state index contributed by atoms with van der Waals surface area (Å²) in [6.07, 6.45) is 1.18. The molecule has 3 nitrogen and oxygen atoms in total. The summed E-state index contributed by atoms with van der Waals surface area (Å²) in [5, 5.41) is 0. The minimum atomic E-state index is 0.674. The zero-order chi connectivity index (χ0) is 10.7. The molecule has 1 saturated heterocycles. The molecule has 82 valence electrons. The lowest BCUT2D eigenvalue weighted by molar-refractivity contribution is 0.186. The molecule has 3 heteroatoms. The van der Waals surface area contributed by atoms with Crippen molar-refractivity contribution in [2.45, 2.75) is 6.42 Å². The quantitative estimate of drug-likeness (QED) is 0.766. The Kier molecular flexibility index (Phi) is 3.11. The van der Waals surface area contributed by atoms with Crippen LogP contribution in [0.25, 0.3) is 0 Å². The SMILES string of the molecule is CN(CC1CCOC1)c1ccc(N)cc1. The Morgan fingerprint density at radius 2 is 2.13 bits per heavy atom. The molecule has 0 radical (unpaired) electrons. The van der Waals surface area contributed by atoms with Crippen molar-refractivity contribution in [3.05, 3.63) is 24.3 Å². The van der Waals surface area contributed by atoms with Crippen LogP contribution in [-0.2, 0) is 4.74 Å². The van der Waals surface area contributed by atoms with E-state index >= 15 is 0 Å². The van der Waals surface area contributed by atoms with E-state index in [1.165, 1.54) is 12.1 Å². The van der Waals surface area contributed by atoms with E-state index in [1.54, 1.807) is 0 Å². The van der Waals surface area contributed by atoms with Crippen molar-refractivity contribution < 1.29 is 4.74 Å². The van der Waals surface area contributed by atoms with E-state index in [9.17, 15) is 0 Å². The minimum absolute atomic E-state index is 0.674. The highest BCUT2D eigenvalue weighted by atomic mass is 16.5. The Hall–Kier alpha value is -1.22. The van der Waals surface area contributed by atoms with Gasteiger partial charge in [0.2, 0.25) is 0 Å². The van der Waals surface area contributed by atoms with Crippen molar-refractivity contribution in [1.82, 2.24) is 0 Å². The molecule has 1 fully saturated rings.